The molecule has 1 aliphatic heterocycles. The highest BCUT2D eigenvalue weighted by molar-refractivity contribution is 5.95. The van der Waals surface area contributed by atoms with Gasteiger partial charge in [0.15, 0.2) is 0 Å². The van der Waals surface area contributed by atoms with E-state index in [1.54, 1.807) is 25.1 Å². The summed E-state index contributed by atoms with van der Waals surface area (Å²) < 4.78 is 5.69. The summed E-state index contributed by atoms with van der Waals surface area (Å²) in [5.41, 5.74) is 1.35. The molecule has 0 aromatic heterocycles. The van der Waals surface area contributed by atoms with Crippen LogP contribution in [-0.2, 0) is 9.53 Å². The van der Waals surface area contributed by atoms with Gasteiger partial charge in [-0.25, -0.2) is 9.59 Å². The average molecular weight is 385 g/mol. The number of nitro groups is 1. The summed E-state index contributed by atoms with van der Waals surface area (Å²) in [6, 6.07) is 4.70. The molecule has 1 unspecified atom stereocenters. The summed E-state index contributed by atoms with van der Waals surface area (Å²) in [5, 5.41) is 13.7. The van der Waals surface area contributed by atoms with Crippen LogP contribution in [0.25, 0.3) is 0 Å². The number of allylic oxidation sites excluding steroid dienone is 1. The van der Waals surface area contributed by atoms with Crippen LogP contribution in [0.1, 0.15) is 44.2 Å². The molecule has 1 saturated carbocycles. The summed E-state index contributed by atoms with van der Waals surface area (Å²) in [6.07, 6.45) is 5.19. The van der Waals surface area contributed by atoms with Gasteiger partial charge in [-0.3, -0.25) is 15.0 Å². The highest BCUT2D eigenvalue weighted by Crippen LogP contribution is 2.33. The smallest absolute Gasteiger partial charge is 0.338 e. The number of nitrogens with one attached hydrogen (secondary N) is 1. The normalized spacial score (nSPS) is 20.1. The van der Waals surface area contributed by atoms with Crippen molar-refractivity contribution in [1.29, 1.82) is 0 Å². The average Bonchev–Trinajstić information content (AvgIpc) is 3.17. The molecule has 28 heavy (non-hydrogen) atoms. The van der Waals surface area contributed by atoms with Gasteiger partial charge >= 0.3 is 12.0 Å². The molecule has 1 heterocycles. The number of amides is 2. The second kappa shape index (κ2) is 8.24. The number of esters is 1. The Kier molecular flexibility index (Phi) is 5.77. The molecule has 1 aliphatic carbocycles. The van der Waals surface area contributed by atoms with Crippen LogP contribution in [0.2, 0.25) is 0 Å². The van der Waals surface area contributed by atoms with Gasteiger partial charge in [0.1, 0.15) is 6.10 Å². The standard InChI is InChI=1S/C20H23N3O5/c1-3-12-22-13(2)17(19(24)28-16-6-4-5-7-16)18(21-20(22)25)14-8-10-15(11-9-14)23(26)27/h3,8-11,16,18H,1,4-7,12H2,2H3,(H,21,25). The molecule has 8 heteroatoms. The van der Waals surface area contributed by atoms with Gasteiger partial charge in [0.05, 0.1) is 16.5 Å². The lowest BCUT2D eigenvalue weighted by molar-refractivity contribution is -0.384. The predicted octanol–water partition coefficient (Wildman–Crippen LogP) is 3.61. The van der Waals surface area contributed by atoms with E-state index in [2.05, 4.69) is 11.9 Å². The fourth-order valence-corrected chi connectivity index (χ4v) is 3.65. The monoisotopic (exact) mass is 385 g/mol. The van der Waals surface area contributed by atoms with E-state index < -0.39 is 16.9 Å². The molecule has 1 aromatic carbocycles. The Morgan fingerprint density at radius 3 is 2.57 bits per heavy atom. The third kappa shape index (κ3) is 3.90. The van der Waals surface area contributed by atoms with Crippen molar-refractivity contribution in [2.24, 2.45) is 0 Å². The highest BCUT2D eigenvalue weighted by atomic mass is 16.6. The van der Waals surface area contributed by atoms with E-state index in [-0.39, 0.29) is 24.4 Å². The number of nitro benzene ring substituents is 1. The number of hydrogen-bond acceptors (Lipinski definition) is 5. The van der Waals surface area contributed by atoms with E-state index >= 15 is 0 Å². The largest absolute Gasteiger partial charge is 0.459 e. The molecule has 1 N–H and O–H groups in total. The quantitative estimate of drug-likeness (QED) is 0.349. The first kappa shape index (κ1) is 19.6. The third-order valence-corrected chi connectivity index (χ3v) is 5.14. The number of carbonyl (C=O) groups is 2. The Balaban J connectivity index is 1.97. The zero-order valence-electron chi connectivity index (χ0n) is 15.7. The molecule has 2 aliphatic rings. The van der Waals surface area contributed by atoms with Crippen LogP contribution in [0.4, 0.5) is 10.5 Å². The topological polar surface area (TPSA) is 102 Å². The third-order valence-electron chi connectivity index (χ3n) is 5.14. The molecule has 148 valence electrons. The molecule has 3 rings (SSSR count). The van der Waals surface area contributed by atoms with Crippen LogP contribution in [0.5, 0.6) is 0 Å². The maximum atomic E-state index is 13.0. The van der Waals surface area contributed by atoms with Gasteiger partial charge in [-0.15, -0.1) is 6.58 Å². The van der Waals surface area contributed by atoms with Gasteiger partial charge in [-0.1, -0.05) is 6.08 Å². The van der Waals surface area contributed by atoms with Crippen molar-refractivity contribution in [2.75, 3.05) is 6.54 Å². The van der Waals surface area contributed by atoms with E-state index in [1.165, 1.54) is 17.0 Å². The number of urea groups is 1. The number of nitrogens with zero attached hydrogens (tertiary/aromatic N) is 2. The molecule has 0 bridgehead atoms. The first-order valence-electron chi connectivity index (χ1n) is 9.27. The summed E-state index contributed by atoms with van der Waals surface area (Å²) in [6.45, 7) is 5.61. The van der Waals surface area contributed by atoms with Crippen LogP contribution in [0, 0.1) is 10.1 Å². The van der Waals surface area contributed by atoms with Gasteiger partial charge < -0.3 is 10.1 Å². The van der Waals surface area contributed by atoms with Crippen molar-refractivity contribution in [3.8, 4) is 0 Å². The molecule has 1 aromatic rings. The molecule has 1 fully saturated rings. The van der Waals surface area contributed by atoms with Crippen LogP contribution >= 0.6 is 0 Å². The van der Waals surface area contributed by atoms with Gasteiger partial charge in [-0.2, -0.15) is 0 Å². The zero-order valence-corrected chi connectivity index (χ0v) is 15.7. The van der Waals surface area contributed by atoms with Gasteiger partial charge in [0, 0.05) is 24.4 Å². The van der Waals surface area contributed by atoms with Crippen LogP contribution in [0.3, 0.4) is 0 Å². The lowest BCUT2D eigenvalue weighted by Crippen LogP contribution is -2.48. The Labute approximate surface area is 163 Å². The summed E-state index contributed by atoms with van der Waals surface area (Å²) in [5.74, 6) is -0.471. The molecule has 0 saturated heterocycles. The van der Waals surface area contributed by atoms with Crippen molar-refractivity contribution < 1.29 is 19.2 Å². The number of non-ortho nitro benzene ring substituents is 1. The van der Waals surface area contributed by atoms with E-state index in [0.29, 0.717) is 16.8 Å². The summed E-state index contributed by atoms with van der Waals surface area (Å²) in [7, 11) is 0. The molecule has 8 nitrogen and oxygen atoms in total. The van der Waals surface area contributed by atoms with E-state index in [9.17, 15) is 19.7 Å². The fourth-order valence-electron chi connectivity index (χ4n) is 3.65. The minimum atomic E-state index is -0.733. The molecule has 0 spiro atoms. The molecule has 1 atom stereocenters. The summed E-state index contributed by atoms with van der Waals surface area (Å²) >= 11 is 0. The van der Waals surface area contributed by atoms with Gasteiger partial charge in [0.25, 0.3) is 5.69 Å². The Morgan fingerprint density at radius 1 is 1.36 bits per heavy atom. The minimum absolute atomic E-state index is 0.0602. The Hall–Kier alpha value is -3.16. The van der Waals surface area contributed by atoms with E-state index in [4.69, 9.17) is 4.74 Å². The number of carbonyl (C=O) groups excluding carboxylic acids is 2. The number of hydrogen-bond donors (Lipinski definition) is 1. The summed E-state index contributed by atoms with van der Waals surface area (Å²) in [4.78, 5) is 37.4. The number of rotatable bonds is 6. The van der Waals surface area contributed by atoms with E-state index in [0.717, 1.165) is 25.7 Å². The van der Waals surface area contributed by atoms with Crippen molar-refractivity contribution in [3.05, 3.63) is 63.9 Å². The first-order chi connectivity index (χ1) is 13.4. The van der Waals surface area contributed by atoms with Gasteiger partial charge in [-0.05, 0) is 50.3 Å². The van der Waals surface area contributed by atoms with Crippen molar-refractivity contribution in [2.45, 2.75) is 44.8 Å². The molecular weight excluding hydrogens is 362 g/mol. The first-order valence-corrected chi connectivity index (χ1v) is 9.27. The number of benzene rings is 1. The highest BCUT2D eigenvalue weighted by Gasteiger charge is 2.37. The van der Waals surface area contributed by atoms with Crippen molar-refractivity contribution >= 4 is 17.7 Å². The van der Waals surface area contributed by atoms with Crippen LogP contribution < -0.4 is 5.32 Å². The van der Waals surface area contributed by atoms with E-state index in [1.807, 2.05) is 0 Å². The lowest BCUT2D eigenvalue weighted by Gasteiger charge is -2.35. The second-order valence-electron chi connectivity index (χ2n) is 6.94. The number of ether oxygens (including phenoxy) is 1. The second-order valence-corrected chi connectivity index (χ2v) is 6.94. The van der Waals surface area contributed by atoms with Crippen molar-refractivity contribution in [3.63, 3.8) is 0 Å². The lowest BCUT2D eigenvalue weighted by atomic mass is 9.94. The van der Waals surface area contributed by atoms with Gasteiger partial charge in [0.2, 0.25) is 0 Å². The van der Waals surface area contributed by atoms with Crippen molar-refractivity contribution in [1.82, 2.24) is 10.2 Å². The Morgan fingerprint density at radius 2 is 2.00 bits per heavy atom. The molecule has 2 amide bonds. The zero-order chi connectivity index (χ0) is 20.3. The minimum Gasteiger partial charge on any atom is -0.459 e. The molecule has 0 radical (unpaired) electrons. The fraction of sp³-hybridized carbons (Fsp3) is 0.400. The Bertz CT molecular complexity index is 825. The van der Waals surface area contributed by atoms with Crippen LogP contribution in [-0.4, -0.2) is 34.5 Å². The maximum absolute atomic E-state index is 13.0. The molecular formula is C20H23N3O5. The van der Waals surface area contributed by atoms with Crippen LogP contribution in [0.15, 0.2) is 48.2 Å². The maximum Gasteiger partial charge on any atom is 0.338 e. The predicted molar refractivity (Wildman–Crippen MR) is 102 cm³/mol. The SMILES string of the molecule is C=CCN1C(=O)NC(c2ccc([N+](=O)[O-])cc2)C(C(=O)OC2CCCC2)=C1C.